The largest absolute Gasteiger partial charge is 0.306 e. The van der Waals surface area contributed by atoms with Crippen LogP contribution in [0.25, 0.3) is 0 Å². The molecule has 1 saturated heterocycles. The van der Waals surface area contributed by atoms with Crippen molar-refractivity contribution in [3.05, 3.63) is 0 Å². The molecule has 0 radical (unpaired) electrons. The van der Waals surface area contributed by atoms with Crippen molar-refractivity contribution < 1.29 is 0 Å². The Morgan fingerprint density at radius 2 is 2.00 bits per heavy atom. The van der Waals surface area contributed by atoms with E-state index in [4.69, 9.17) is 0 Å². The smallest absolute Gasteiger partial charge is 0.110 e. The van der Waals surface area contributed by atoms with Gasteiger partial charge in [-0.05, 0) is 47.0 Å². The average Bonchev–Trinajstić information content (AvgIpc) is 2.28. The number of nitriles is 1. The highest BCUT2D eigenvalue weighted by Crippen LogP contribution is 2.25. The first-order chi connectivity index (χ1) is 6.10. The van der Waals surface area contributed by atoms with Crippen LogP contribution in [0.5, 0.6) is 0 Å². The van der Waals surface area contributed by atoms with E-state index in [2.05, 4.69) is 22.9 Å². The molecule has 0 bridgehead atoms. The molecule has 0 aromatic rings. The molecule has 3 nitrogen and oxygen atoms in total. The number of rotatable bonds is 1. The second-order valence-corrected chi connectivity index (χ2v) is 4.19. The van der Waals surface area contributed by atoms with E-state index in [1.54, 1.807) is 0 Å². The molecule has 0 aromatic carbocycles. The van der Waals surface area contributed by atoms with Crippen LogP contribution in [0.4, 0.5) is 0 Å². The third-order valence-electron chi connectivity index (χ3n) is 3.10. The summed E-state index contributed by atoms with van der Waals surface area (Å²) in [6.07, 6.45) is 3.09. The summed E-state index contributed by atoms with van der Waals surface area (Å²) in [6.45, 7) is 2.16. The van der Waals surface area contributed by atoms with Gasteiger partial charge in [0.25, 0.3) is 0 Å². The third kappa shape index (κ3) is 2.20. The Bertz CT molecular complexity index is 207. The molecule has 1 aliphatic rings. The van der Waals surface area contributed by atoms with Crippen molar-refractivity contribution in [3.63, 3.8) is 0 Å². The van der Waals surface area contributed by atoms with Crippen LogP contribution in [-0.4, -0.2) is 49.6 Å². The zero-order valence-electron chi connectivity index (χ0n) is 8.88. The number of nitrogens with zero attached hydrogens (tertiary/aromatic N) is 3. The lowest BCUT2D eigenvalue weighted by atomic mass is 9.91. The van der Waals surface area contributed by atoms with Crippen LogP contribution in [-0.2, 0) is 0 Å². The Kier molecular flexibility index (Phi) is 3.29. The van der Waals surface area contributed by atoms with Gasteiger partial charge < -0.3 is 4.90 Å². The maximum atomic E-state index is 9.21. The van der Waals surface area contributed by atoms with Gasteiger partial charge in [0, 0.05) is 6.54 Å². The van der Waals surface area contributed by atoms with E-state index >= 15 is 0 Å². The predicted octanol–water partition coefficient (Wildman–Crippen LogP) is 0.926. The van der Waals surface area contributed by atoms with E-state index in [1.807, 2.05) is 14.1 Å². The first-order valence-corrected chi connectivity index (χ1v) is 4.88. The average molecular weight is 181 g/mol. The molecule has 0 aromatic heterocycles. The molecule has 1 atom stereocenters. The number of hydrogen-bond acceptors (Lipinski definition) is 3. The Morgan fingerprint density at radius 1 is 1.31 bits per heavy atom. The maximum Gasteiger partial charge on any atom is 0.110 e. The molecule has 1 unspecified atom stereocenters. The molecule has 0 spiro atoms. The van der Waals surface area contributed by atoms with Gasteiger partial charge in [0.2, 0.25) is 0 Å². The standard InChI is InChI=1S/C10H19N3/c1-12(2)10(9-11)5-4-7-13(3)8-6-10/h4-8H2,1-3H3. The Labute approximate surface area is 80.9 Å². The molecule has 1 rings (SSSR count). The van der Waals surface area contributed by atoms with Crippen LogP contribution < -0.4 is 0 Å². The summed E-state index contributed by atoms with van der Waals surface area (Å²) in [4.78, 5) is 4.38. The lowest BCUT2D eigenvalue weighted by Gasteiger charge is -2.32. The van der Waals surface area contributed by atoms with Crippen molar-refractivity contribution in [2.24, 2.45) is 0 Å². The fraction of sp³-hybridized carbons (Fsp3) is 0.900. The van der Waals surface area contributed by atoms with Crippen molar-refractivity contribution in [2.45, 2.75) is 24.8 Å². The van der Waals surface area contributed by atoms with Gasteiger partial charge in [0.05, 0.1) is 6.07 Å². The minimum atomic E-state index is -0.217. The Balaban J connectivity index is 2.71. The van der Waals surface area contributed by atoms with Crippen LogP contribution >= 0.6 is 0 Å². The zero-order valence-corrected chi connectivity index (χ0v) is 8.88. The monoisotopic (exact) mass is 181 g/mol. The molecule has 1 aliphatic heterocycles. The Morgan fingerprint density at radius 3 is 2.54 bits per heavy atom. The highest BCUT2D eigenvalue weighted by molar-refractivity contribution is 5.08. The summed E-state index contributed by atoms with van der Waals surface area (Å²) in [5, 5.41) is 9.21. The SMILES string of the molecule is CN1CCCC(C#N)(N(C)C)CC1. The van der Waals surface area contributed by atoms with Gasteiger partial charge in [-0.15, -0.1) is 0 Å². The summed E-state index contributed by atoms with van der Waals surface area (Å²) < 4.78 is 0. The van der Waals surface area contributed by atoms with Crippen molar-refractivity contribution in [1.82, 2.24) is 9.80 Å². The van der Waals surface area contributed by atoms with Gasteiger partial charge in [0.15, 0.2) is 0 Å². The molecular weight excluding hydrogens is 162 g/mol. The lowest BCUT2D eigenvalue weighted by molar-refractivity contribution is 0.191. The van der Waals surface area contributed by atoms with E-state index in [0.29, 0.717) is 0 Å². The van der Waals surface area contributed by atoms with Crippen LogP contribution in [0.2, 0.25) is 0 Å². The molecule has 0 aliphatic carbocycles. The van der Waals surface area contributed by atoms with Gasteiger partial charge in [-0.25, -0.2) is 0 Å². The normalized spacial score (nSPS) is 31.3. The van der Waals surface area contributed by atoms with Crippen molar-refractivity contribution in [2.75, 3.05) is 34.2 Å². The van der Waals surface area contributed by atoms with Gasteiger partial charge in [-0.1, -0.05) is 0 Å². The second kappa shape index (κ2) is 4.08. The number of hydrogen-bond donors (Lipinski definition) is 0. The number of likely N-dealkylation sites (tertiary alicyclic amines) is 1. The minimum Gasteiger partial charge on any atom is -0.306 e. The molecule has 0 N–H and O–H groups in total. The molecule has 1 fully saturated rings. The fourth-order valence-corrected chi connectivity index (χ4v) is 1.91. The summed E-state index contributed by atoms with van der Waals surface area (Å²) >= 11 is 0. The van der Waals surface area contributed by atoms with Gasteiger partial charge in [0.1, 0.15) is 5.54 Å². The van der Waals surface area contributed by atoms with Crippen LogP contribution in [0.3, 0.4) is 0 Å². The molecular formula is C10H19N3. The topological polar surface area (TPSA) is 30.3 Å². The molecule has 0 amide bonds. The summed E-state index contributed by atoms with van der Waals surface area (Å²) in [5.74, 6) is 0. The quantitative estimate of drug-likeness (QED) is 0.603. The summed E-state index contributed by atoms with van der Waals surface area (Å²) in [5.41, 5.74) is -0.217. The van der Waals surface area contributed by atoms with Crippen LogP contribution in [0, 0.1) is 11.3 Å². The first kappa shape index (κ1) is 10.5. The lowest BCUT2D eigenvalue weighted by Crippen LogP contribution is -2.43. The fourth-order valence-electron chi connectivity index (χ4n) is 1.91. The van der Waals surface area contributed by atoms with Gasteiger partial charge in [-0.3, -0.25) is 4.90 Å². The minimum absolute atomic E-state index is 0.217. The second-order valence-electron chi connectivity index (χ2n) is 4.19. The molecule has 74 valence electrons. The maximum absolute atomic E-state index is 9.21. The van der Waals surface area contributed by atoms with E-state index in [1.165, 1.54) is 0 Å². The van der Waals surface area contributed by atoms with Crippen LogP contribution in [0.15, 0.2) is 0 Å². The summed E-state index contributed by atoms with van der Waals surface area (Å²) in [6, 6.07) is 2.48. The predicted molar refractivity (Wildman–Crippen MR) is 53.4 cm³/mol. The van der Waals surface area contributed by atoms with Crippen molar-refractivity contribution in [1.29, 1.82) is 5.26 Å². The van der Waals surface area contributed by atoms with Gasteiger partial charge >= 0.3 is 0 Å². The highest BCUT2D eigenvalue weighted by atomic mass is 15.2. The zero-order chi connectivity index (χ0) is 9.90. The van der Waals surface area contributed by atoms with Crippen molar-refractivity contribution >= 4 is 0 Å². The molecule has 1 heterocycles. The van der Waals surface area contributed by atoms with Gasteiger partial charge in [-0.2, -0.15) is 5.26 Å². The van der Waals surface area contributed by atoms with E-state index < -0.39 is 0 Å². The van der Waals surface area contributed by atoms with Crippen molar-refractivity contribution in [3.8, 4) is 6.07 Å². The van der Waals surface area contributed by atoms with E-state index in [-0.39, 0.29) is 5.54 Å². The molecule has 3 heteroatoms. The van der Waals surface area contributed by atoms with E-state index in [0.717, 1.165) is 32.4 Å². The highest BCUT2D eigenvalue weighted by Gasteiger charge is 2.33. The molecule has 13 heavy (non-hydrogen) atoms. The first-order valence-electron chi connectivity index (χ1n) is 4.88. The van der Waals surface area contributed by atoms with Crippen LogP contribution in [0.1, 0.15) is 19.3 Å². The molecule has 0 saturated carbocycles. The van der Waals surface area contributed by atoms with E-state index in [9.17, 15) is 5.26 Å². The Hall–Kier alpha value is -0.590. The summed E-state index contributed by atoms with van der Waals surface area (Å²) in [7, 11) is 6.15. The third-order valence-corrected chi connectivity index (χ3v) is 3.10.